The second kappa shape index (κ2) is 7.40. The van der Waals surface area contributed by atoms with Crippen molar-refractivity contribution in [1.82, 2.24) is 14.9 Å². The highest BCUT2D eigenvalue weighted by atomic mass is 32.2. The Bertz CT molecular complexity index is 755. The lowest BCUT2D eigenvalue weighted by molar-refractivity contribution is 0.239. The van der Waals surface area contributed by atoms with Crippen molar-refractivity contribution < 1.29 is 8.42 Å². The van der Waals surface area contributed by atoms with Gasteiger partial charge in [0.1, 0.15) is 0 Å². The number of hydrogen-bond donors (Lipinski definition) is 2. The van der Waals surface area contributed by atoms with E-state index < -0.39 is 10.0 Å². The molecular formula is C17H23N3O2S. The second-order valence-electron chi connectivity index (χ2n) is 5.85. The molecule has 0 radical (unpaired) electrons. The predicted molar refractivity (Wildman–Crippen MR) is 93.1 cm³/mol. The lowest BCUT2D eigenvalue weighted by atomic mass is 10.1. The normalized spacial score (nSPS) is 16.7. The van der Waals surface area contributed by atoms with Crippen molar-refractivity contribution in [3.05, 3.63) is 42.5 Å². The number of piperazine rings is 1. The predicted octanol–water partition coefficient (Wildman–Crippen LogP) is 1.41. The summed E-state index contributed by atoms with van der Waals surface area (Å²) in [5.41, 5.74) is 0. The van der Waals surface area contributed by atoms with E-state index in [0.29, 0.717) is 11.4 Å². The summed E-state index contributed by atoms with van der Waals surface area (Å²) in [6.07, 6.45) is 0.826. The van der Waals surface area contributed by atoms with Crippen LogP contribution in [0.1, 0.15) is 6.42 Å². The number of sulfonamides is 1. The molecule has 2 N–H and O–H groups in total. The zero-order chi connectivity index (χ0) is 16.1. The minimum absolute atomic E-state index is 0.332. The van der Waals surface area contributed by atoms with E-state index in [-0.39, 0.29) is 0 Å². The van der Waals surface area contributed by atoms with Crippen molar-refractivity contribution in [3.63, 3.8) is 0 Å². The van der Waals surface area contributed by atoms with Crippen LogP contribution in [0.3, 0.4) is 0 Å². The number of fused-ring (bicyclic) bond motifs is 1. The highest BCUT2D eigenvalue weighted by molar-refractivity contribution is 7.89. The fourth-order valence-corrected chi connectivity index (χ4v) is 3.97. The monoisotopic (exact) mass is 333 g/mol. The summed E-state index contributed by atoms with van der Waals surface area (Å²) in [5, 5.41) is 5.30. The lowest BCUT2D eigenvalue weighted by Crippen LogP contribution is -2.44. The van der Waals surface area contributed by atoms with Gasteiger partial charge in [-0.05, 0) is 35.9 Å². The van der Waals surface area contributed by atoms with Gasteiger partial charge in [-0.1, -0.05) is 30.3 Å². The Balaban J connectivity index is 1.57. The molecule has 0 bridgehead atoms. The number of benzene rings is 2. The van der Waals surface area contributed by atoms with Gasteiger partial charge in [-0.25, -0.2) is 13.1 Å². The molecule has 0 aromatic heterocycles. The van der Waals surface area contributed by atoms with Crippen LogP contribution < -0.4 is 10.0 Å². The minimum atomic E-state index is -3.44. The first kappa shape index (κ1) is 16.4. The van der Waals surface area contributed by atoms with Crippen LogP contribution in [0.2, 0.25) is 0 Å². The van der Waals surface area contributed by atoms with Crippen LogP contribution in [0.4, 0.5) is 0 Å². The van der Waals surface area contributed by atoms with Gasteiger partial charge in [0.2, 0.25) is 10.0 Å². The summed E-state index contributed by atoms with van der Waals surface area (Å²) in [6.45, 7) is 5.52. The summed E-state index contributed by atoms with van der Waals surface area (Å²) < 4.78 is 27.5. The Morgan fingerprint density at radius 3 is 2.57 bits per heavy atom. The zero-order valence-corrected chi connectivity index (χ0v) is 14.0. The molecule has 6 heteroatoms. The van der Waals surface area contributed by atoms with Gasteiger partial charge in [0.25, 0.3) is 0 Å². The Morgan fingerprint density at radius 1 is 1.04 bits per heavy atom. The highest BCUT2D eigenvalue weighted by Gasteiger charge is 2.14. The van der Waals surface area contributed by atoms with Crippen molar-refractivity contribution in [2.45, 2.75) is 11.3 Å². The van der Waals surface area contributed by atoms with Crippen molar-refractivity contribution in [3.8, 4) is 0 Å². The summed E-state index contributed by atoms with van der Waals surface area (Å²) >= 11 is 0. The maximum absolute atomic E-state index is 12.4. The Labute approximate surface area is 137 Å². The lowest BCUT2D eigenvalue weighted by Gasteiger charge is -2.27. The second-order valence-corrected chi connectivity index (χ2v) is 7.62. The van der Waals surface area contributed by atoms with Crippen LogP contribution in [0, 0.1) is 0 Å². The molecule has 1 aliphatic rings. The first-order chi connectivity index (χ1) is 11.1. The Morgan fingerprint density at radius 2 is 1.78 bits per heavy atom. The molecule has 0 saturated carbocycles. The van der Waals surface area contributed by atoms with Crippen LogP contribution in [0.25, 0.3) is 10.8 Å². The van der Waals surface area contributed by atoms with E-state index in [1.807, 2.05) is 30.3 Å². The molecule has 1 aliphatic heterocycles. The summed E-state index contributed by atoms with van der Waals surface area (Å²) in [6, 6.07) is 13.0. The van der Waals surface area contributed by atoms with Gasteiger partial charge >= 0.3 is 0 Å². The molecule has 1 heterocycles. The van der Waals surface area contributed by atoms with Crippen LogP contribution in [-0.2, 0) is 10.0 Å². The van der Waals surface area contributed by atoms with Gasteiger partial charge in [-0.2, -0.15) is 0 Å². The Hall–Kier alpha value is -1.47. The number of nitrogens with zero attached hydrogens (tertiary/aromatic N) is 1. The van der Waals surface area contributed by atoms with Gasteiger partial charge in [-0.3, -0.25) is 0 Å². The number of nitrogens with one attached hydrogen (secondary N) is 2. The maximum Gasteiger partial charge on any atom is 0.240 e. The standard InChI is InChI=1S/C17H23N3O2S/c21-23(22,19-8-3-11-20-12-9-18-10-13-20)17-7-6-15-4-1-2-5-16(15)14-17/h1-2,4-7,14,18-19H,3,8-13H2. The molecule has 1 fully saturated rings. The summed E-state index contributed by atoms with van der Waals surface area (Å²) in [4.78, 5) is 2.69. The van der Waals surface area contributed by atoms with Crippen molar-refractivity contribution in [1.29, 1.82) is 0 Å². The van der Waals surface area contributed by atoms with E-state index in [9.17, 15) is 8.42 Å². The van der Waals surface area contributed by atoms with Crippen LogP contribution in [-0.4, -0.2) is 52.6 Å². The van der Waals surface area contributed by atoms with E-state index in [4.69, 9.17) is 0 Å². The van der Waals surface area contributed by atoms with E-state index in [0.717, 1.165) is 49.9 Å². The zero-order valence-electron chi connectivity index (χ0n) is 13.2. The van der Waals surface area contributed by atoms with Crippen molar-refractivity contribution in [2.75, 3.05) is 39.3 Å². The molecule has 2 aromatic rings. The van der Waals surface area contributed by atoms with Crippen LogP contribution >= 0.6 is 0 Å². The largest absolute Gasteiger partial charge is 0.314 e. The quantitative estimate of drug-likeness (QED) is 0.785. The first-order valence-corrected chi connectivity index (χ1v) is 9.55. The smallest absolute Gasteiger partial charge is 0.240 e. The third-order valence-electron chi connectivity index (χ3n) is 4.18. The van der Waals surface area contributed by atoms with E-state index >= 15 is 0 Å². The van der Waals surface area contributed by atoms with Crippen molar-refractivity contribution >= 4 is 20.8 Å². The number of rotatable bonds is 6. The molecule has 1 saturated heterocycles. The molecule has 2 aromatic carbocycles. The molecule has 0 unspecified atom stereocenters. The highest BCUT2D eigenvalue weighted by Crippen LogP contribution is 2.18. The van der Waals surface area contributed by atoms with E-state index in [1.54, 1.807) is 12.1 Å². The van der Waals surface area contributed by atoms with Gasteiger partial charge in [0, 0.05) is 32.7 Å². The average Bonchev–Trinajstić information content (AvgIpc) is 2.59. The van der Waals surface area contributed by atoms with Gasteiger partial charge in [-0.15, -0.1) is 0 Å². The molecule has 0 amide bonds. The first-order valence-electron chi connectivity index (χ1n) is 8.07. The van der Waals surface area contributed by atoms with E-state index in [1.165, 1.54) is 0 Å². The molecule has 0 aliphatic carbocycles. The molecule has 23 heavy (non-hydrogen) atoms. The molecule has 124 valence electrons. The maximum atomic E-state index is 12.4. The Kier molecular flexibility index (Phi) is 5.27. The molecule has 5 nitrogen and oxygen atoms in total. The van der Waals surface area contributed by atoms with E-state index in [2.05, 4.69) is 14.9 Å². The summed E-state index contributed by atoms with van der Waals surface area (Å²) in [5.74, 6) is 0. The fourth-order valence-electron chi connectivity index (χ4n) is 2.86. The average molecular weight is 333 g/mol. The molecule has 3 rings (SSSR count). The third kappa shape index (κ3) is 4.29. The van der Waals surface area contributed by atoms with Gasteiger partial charge < -0.3 is 10.2 Å². The third-order valence-corrected chi connectivity index (χ3v) is 5.64. The molecule has 0 spiro atoms. The molecule has 0 atom stereocenters. The van der Waals surface area contributed by atoms with Crippen LogP contribution in [0.15, 0.2) is 47.4 Å². The van der Waals surface area contributed by atoms with Gasteiger partial charge in [0.15, 0.2) is 0 Å². The van der Waals surface area contributed by atoms with Crippen molar-refractivity contribution in [2.24, 2.45) is 0 Å². The number of hydrogen-bond acceptors (Lipinski definition) is 4. The molecular weight excluding hydrogens is 310 g/mol. The SMILES string of the molecule is O=S(=O)(NCCCN1CCNCC1)c1ccc2ccccc2c1. The van der Waals surface area contributed by atoms with Gasteiger partial charge in [0.05, 0.1) is 4.90 Å². The topological polar surface area (TPSA) is 61.4 Å². The van der Waals surface area contributed by atoms with Crippen LogP contribution in [0.5, 0.6) is 0 Å². The minimum Gasteiger partial charge on any atom is -0.314 e. The summed E-state index contributed by atoms with van der Waals surface area (Å²) in [7, 11) is -3.44. The fraction of sp³-hybridized carbons (Fsp3) is 0.412.